The van der Waals surface area contributed by atoms with Crippen LogP contribution < -0.4 is 25.6 Å². The van der Waals surface area contributed by atoms with Crippen LogP contribution in [0.4, 0.5) is 28.8 Å². The molecule has 1 aliphatic heterocycles. The quantitative estimate of drug-likeness (QED) is 0.161. The minimum absolute atomic E-state index is 0.352. The fourth-order valence-electron chi connectivity index (χ4n) is 5.98. The molecule has 14 heteroatoms. The predicted octanol–water partition coefficient (Wildman–Crippen LogP) is 6.19. The molecule has 0 bridgehead atoms. The zero-order chi connectivity index (χ0) is 32.4. The highest BCUT2D eigenvalue weighted by molar-refractivity contribution is 9.10. The number of halogens is 1. The van der Waals surface area contributed by atoms with E-state index in [4.69, 9.17) is 14.5 Å². The lowest BCUT2D eigenvalue weighted by Crippen LogP contribution is -2.37. The molecule has 1 saturated heterocycles. The number of fused-ring (bicyclic) bond motifs is 1. The van der Waals surface area contributed by atoms with Gasteiger partial charge in [0, 0.05) is 74.9 Å². The standard InChI is InChI=1S/C32H37BrN9O3P/c1-41-18-21(15-37-41)22-13-26(28(45-3)14-27(22)42-12-6-7-20(17-42)19-44-2)39-32-36-16-23(33)31(40-32)38-25-9-8-24-29(35-11-10-34-24)30(25)46(4,5)43/h8-11,13-16,18,20H,6-7,12,17,19H2,1-5H3,(H2,36,38,39,40). The van der Waals surface area contributed by atoms with Crippen molar-refractivity contribution in [3.63, 3.8) is 0 Å². The summed E-state index contributed by atoms with van der Waals surface area (Å²) >= 11 is 3.58. The molecule has 0 saturated carbocycles. The van der Waals surface area contributed by atoms with Crippen LogP contribution in [-0.4, -0.2) is 77.0 Å². The smallest absolute Gasteiger partial charge is 0.229 e. The van der Waals surface area contributed by atoms with E-state index in [2.05, 4.69) is 63.6 Å². The molecular formula is C32H37BrN9O3P. The molecule has 1 fully saturated rings. The van der Waals surface area contributed by atoms with E-state index in [0.717, 1.165) is 49.4 Å². The van der Waals surface area contributed by atoms with Gasteiger partial charge in [-0.1, -0.05) is 0 Å². The predicted molar refractivity (Wildman–Crippen MR) is 187 cm³/mol. The molecule has 12 nitrogen and oxygen atoms in total. The topological polar surface area (TPSA) is 132 Å². The van der Waals surface area contributed by atoms with Crippen molar-refractivity contribution in [1.82, 2.24) is 29.7 Å². The number of nitrogens with one attached hydrogen (secondary N) is 2. The maximum Gasteiger partial charge on any atom is 0.229 e. The lowest BCUT2D eigenvalue weighted by Gasteiger charge is -2.35. The molecule has 0 spiro atoms. The molecule has 1 aliphatic rings. The van der Waals surface area contributed by atoms with Crippen molar-refractivity contribution < 1.29 is 14.0 Å². The molecule has 3 aromatic heterocycles. The SMILES string of the molecule is COCC1CCCN(c2cc(OC)c(Nc3ncc(Br)c(Nc4ccc5nccnc5c4P(C)(C)=O)n3)cc2-c2cnn(C)c2)C1. The molecule has 46 heavy (non-hydrogen) atoms. The Labute approximate surface area is 276 Å². The molecule has 0 radical (unpaired) electrons. The van der Waals surface area contributed by atoms with Gasteiger partial charge in [0.25, 0.3) is 0 Å². The summed E-state index contributed by atoms with van der Waals surface area (Å²) in [5.41, 5.74) is 5.71. The van der Waals surface area contributed by atoms with E-state index in [1.807, 2.05) is 31.6 Å². The number of piperidine rings is 1. The fourth-order valence-corrected chi connectivity index (χ4v) is 7.66. The summed E-state index contributed by atoms with van der Waals surface area (Å²) in [6.07, 6.45) is 11.0. The highest BCUT2D eigenvalue weighted by Gasteiger charge is 2.25. The average Bonchev–Trinajstić information content (AvgIpc) is 3.48. The van der Waals surface area contributed by atoms with Crippen LogP contribution in [0.3, 0.4) is 0 Å². The van der Waals surface area contributed by atoms with Crippen molar-refractivity contribution in [3.8, 4) is 16.9 Å². The number of anilines is 5. The van der Waals surface area contributed by atoms with Crippen LogP contribution in [0.5, 0.6) is 5.75 Å². The van der Waals surface area contributed by atoms with Crippen LogP contribution in [-0.2, 0) is 16.3 Å². The normalized spacial score (nSPS) is 15.3. The van der Waals surface area contributed by atoms with Gasteiger partial charge in [0.1, 0.15) is 24.2 Å². The van der Waals surface area contributed by atoms with Crippen LogP contribution >= 0.6 is 23.1 Å². The molecule has 5 aromatic rings. The van der Waals surface area contributed by atoms with Crippen molar-refractivity contribution in [1.29, 1.82) is 0 Å². The van der Waals surface area contributed by atoms with Gasteiger partial charge in [-0.25, -0.2) is 4.98 Å². The van der Waals surface area contributed by atoms with Crippen molar-refractivity contribution >= 4 is 68.2 Å². The molecule has 1 unspecified atom stereocenters. The number of aromatic nitrogens is 6. The summed E-state index contributed by atoms with van der Waals surface area (Å²) in [6, 6.07) is 7.84. The Bertz CT molecular complexity index is 1930. The Morgan fingerprint density at radius 3 is 2.63 bits per heavy atom. The van der Waals surface area contributed by atoms with Crippen LogP contribution in [0.25, 0.3) is 22.2 Å². The van der Waals surface area contributed by atoms with Crippen molar-refractivity contribution in [3.05, 3.63) is 59.7 Å². The lowest BCUT2D eigenvalue weighted by molar-refractivity contribution is 0.143. The number of nitrogens with zero attached hydrogens (tertiary/aromatic N) is 7. The molecule has 2 aromatic carbocycles. The fraction of sp³-hybridized carbons (Fsp3) is 0.344. The first-order valence-corrected chi connectivity index (χ1v) is 18.3. The minimum atomic E-state index is -2.76. The van der Waals surface area contributed by atoms with Gasteiger partial charge in [-0.15, -0.1) is 0 Å². The second kappa shape index (κ2) is 13.4. The summed E-state index contributed by atoms with van der Waals surface area (Å²) in [6.45, 7) is 6.02. The van der Waals surface area contributed by atoms with Gasteiger partial charge in [-0.3, -0.25) is 14.6 Å². The van der Waals surface area contributed by atoms with Gasteiger partial charge in [0.05, 0.1) is 46.6 Å². The molecule has 0 amide bonds. The van der Waals surface area contributed by atoms with Gasteiger partial charge in [0.15, 0.2) is 0 Å². The largest absolute Gasteiger partial charge is 0.494 e. The second-order valence-corrected chi connectivity index (χ2v) is 15.8. The van der Waals surface area contributed by atoms with E-state index < -0.39 is 7.14 Å². The van der Waals surface area contributed by atoms with E-state index in [9.17, 15) is 4.57 Å². The number of ether oxygens (including phenoxy) is 2. The first kappa shape index (κ1) is 31.9. The highest BCUT2D eigenvalue weighted by Crippen LogP contribution is 2.43. The third kappa shape index (κ3) is 6.72. The second-order valence-electron chi connectivity index (χ2n) is 11.8. The molecule has 2 N–H and O–H groups in total. The minimum Gasteiger partial charge on any atom is -0.494 e. The van der Waals surface area contributed by atoms with E-state index >= 15 is 0 Å². The first-order valence-electron chi connectivity index (χ1n) is 15.0. The molecule has 6 rings (SSSR count). The average molecular weight is 707 g/mol. The van der Waals surface area contributed by atoms with Gasteiger partial charge in [-0.2, -0.15) is 10.1 Å². The van der Waals surface area contributed by atoms with E-state index in [0.29, 0.717) is 55.6 Å². The van der Waals surface area contributed by atoms with E-state index in [-0.39, 0.29) is 0 Å². The van der Waals surface area contributed by atoms with E-state index in [1.165, 1.54) is 0 Å². The summed E-state index contributed by atoms with van der Waals surface area (Å²) in [4.78, 5) is 20.6. The number of benzene rings is 2. The molecule has 240 valence electrons. The summed E-state index contributed by atoms with van der Waals surface area (Å²) in [5.74, 6) is 1.96. The van der Waals surface area contributed by atoms with Crippen molar-refractivity contribution in [2.45, 2.75) is 12.8 Å². The number of hydrogen-bond acceptors (Lipinski definition) is 11. The Kier molecular flexibility index (Phi) is 9.26. The van der Waals surface area contributed by atoms with Gasteiger partial charge in [-0.05, 0) is 66.2 Å². The summed E-state index contributed by atoms with van der Waals surface area (Å²) < 4.78 is 27.3. The van der Waals surface area contributed by atoms with Gasteiger partial charge >= 0.3 is 0 Å². The summed E-state index contributed by atoms with van der Waals surface area (Å²) in [7, 11) is 2.57. The maximum absolute atomic E-state index is 13.5. The third-order valence-corrected chi connectivity index (χ3v) is 10.1. The molecule has 4 heterocycles. The highest BCUT2D eigenvalue weighted by atomic mass is 79.9. The number of methoxy groups -OCH3 is 2. The zero-order valence-corrected chi connectivity index (χ0v) is 29.0. The first-order chi connectivity index (χ1) is 22.1. The molecular weight excluding hydrogens is 669 g/mol. The lowest BCUT2D eigenvalue weighted by atomic mass is 9.96. The van der Waals surface area contributed by atoms with Crippen molar-refractivity contribution in [2.24, 2.45) is 13.0 Å². The maximum atomic E-state index is 13.5. The monoisotopic (exact) mass is 705 g/mol. The Balaban J connectivity index is 1.37. The Morgan fingerprint density at radius 1 is 1.07 bits per heavy atom. The van der Waals surface area contributed by atoms with Crippen LogP contribution in [0.2, 0.25) is 0 Å². The van der Waals surface area contributed by atoms with Crippen LogP contribution in [0, 0.1) is 5.92 Å². The zero-order valence-electron chi connectivity index (χ0n) is 26.5. The third-order valence-electron chi connectivity index (χ3n) is 7.99. The number of rotatable bonds is 10. The van der Waals surface area contributed by atoms with Crippen molar-refractivity contribution in [2.75, 3.05) is 62.8 Å². The van der Waals surface area contributed by atoms with Crippen LogP contribution in [0.1, 0.15) is 12.8 Å². The van der Waals surface area contributed by atoms with Gasteiger partial charge < -0.3 is 29.6 Å². The number of hydrogen-bond donors (Lipinski definition) is 2. The van der Waals surface area contributed by atoms with Gasteiger partial charge in [0.2, 0.25) is 5.95 Å². The number of aryl methyl sites for hydroxylation is 1. The summed E-state index contributed by atoms with van der Waals surface area (Å²) in [5, 5.41) is 11.8. The molecule has 0 aliphatic carbocycles. The molecule has 1 atom stereocenters. The Morgan fingerprint density at radius 2 is 1.89 bits per heavy atom. The Hall–Kier alpha value is -4.06. The van der Waals surface area contributed by atoms with E-state index in [1.54, 1.807) is 50.8 Å². The van der Waals surface area contributed by atoms with Crippen LogP contribution in [0.15, 0.2) is 59.7 Å².